The summed E-state index contributed by atoms with van der Waals surface area (Å²) in [6.45, 7) is 0.497. The van der Waals surface area contributed by atoms with E-state index in [1.54, 1.807) is 0 Å². The highest BCUT2D eigenvalue weighted by molar-refractivity contribution is 5.28. The normalized spacial score (nSPS) is 49.1. The number of aliphatic hydroxyl groups is 2. The zero-order valence-corrected chi connectivity index (χ0v) is 7.69. The van der Waals surface area contributed by atoms with Gasteiger partial charge in [0.05, 0.1) is 0 Å². The summed E-state index contributed by atoms with van der Waals surface area (Å²) in [5.41, 5.74) is 0.487. The standard InChI is InChI=1S/C11H16O2/c12-5-7-8(6-13)10-2-1-9(7)11(10)3-4-11/h1-2,7-10,12-13H,3-6H2/t7-,8-,9-,10+/m1/s1. The maximum absolute atomic E-state index is 9.30. The molecule has 0 amide bonds. The van der Waals surface area contributed by atoms with Gasteiger partial charge in [-0.3, -0.25) is 0 Å². The quantitative estimate of drug-likeness (QED) is 0.617. The zero-order valence-electron chi connectivity index (χ0n) is 7.69. The first-order valence-electron chi connectivity index (χ1n) is 5.23. The molecule has 3 aliphatic carbocycles. The predicted octanol–water partition coefficient (Wildman–Crippen LogP) is 0.799. The molecule has 2 nitrogen and oxygen atoms in total. The van der Waals surface area contributed by atoms with Crippen molar-refractivity contribution in [3.05, 3.63) is 12.2 Å². The van der Waals surface area contributed by atoms with Crippen molar-refractivity contribution in [2.75, 3.05) is 13.2 Å². The van der Waals surface area contributed by atoms with Crippen LogP contribution in [0.3, 0.4) is 0 Å². The Hall–Kier alpha value is -0.340. The first-order chi connectivity index (χ1) is 6.33. The third-order valence-corrected chi connectivity index (χ3v) is 4.57. The van der Waals surface area contributed by atoms with E-state index in [1.165, 1.54) is 12.8 Å². The van der Waals surface area contributed by atoms with Crippen LogP contribution in [0, 0.1) is 29.1 Å². The molecular formula is C11H16O2. The van der Waals surface area contributed by atoms with Crippen LogP contribution in [0.25, 0.3) is 0 Å². The Morgan fingerprint density at radius 1 is 1.00 bits per heavy atom. The highest BCUT2D eigenvalue weighted by Crippen LogP contribution is 2.71. The van der Waals surface area contributed by atoms with Crippen LogP contribution in [0.15, 0.2) is 12.2 Å². The molecule has 2 bridgehead atoms. The average Bonchev–Trinajstić information content (AvgIpc) is 2.82. The second-order valence-corrected chi connectivity index (χ2v) is 4.86. The first kappa shape index (κ1) is 8.01. The fourth-order valence-corrected chi connectivity index (χ4v) is 3.82. The van der Waals surface area contributed by atoms with Gasteiger partial charge in [-0.25, -0.2) is 0 Å². The van der Waals surface area contributed by atoms with Gasteiger partial charge in [0.2, 0.25) is 0 Å². The van der Waals surface area contributed by atoms with E-state index in [0.29, 0.717) is 29.1 Å². The van der Waals surface area contributed by atoms with Crippen molar-refractivity contribution in [2.45, 2.75) is 12.8 Å². The molecule has 13 heavy (non-hydrogen) atoms. The van der Waals surface area contributed by atoms with Crippen LogP contribution in [0.5, 0.6) is 0 Å². The molecule has 2 N–H and O–H groups in total. The number of aliphatic hydroxyl groups excluding tert-OH is 2. The molecule has 3 rings (SSSR count). The van der Waals surface area contributed by atoms with Gasteiger partial charge in [-0.05, 0) is 41.9 Å². The molecule has 0 aromatic heterocycles. The minimum atomic E-state index is 0.248. The molecular weight excluding hydrogens is 164 g/mol. The number of hydrogen-bond donors (Lipinski definition) is 2. The maximum Gasteiger partial charge on any atom is 0.0468 e. The highest BCUT2D eigenvalue weighted by Gasteiger charge is 2.66. The summed E-state index contributed by atoms with van der Waals surface area (Å²) in [6.07, 6.45) is 7.18. The maximum atomic E-state index is 9.30. The predicted molar refractivity (Wildman–Crippen MR) is 48.9 cm³/mol. The molecule has 0 aromatic rings. The number of rotatable bonds is 2. The smallest absolute Gasteiger partial charge is 0.0468 e. The fourth-order valence-electron chi connectivity index (χ4n) is 3.82. The van der Waals surface area contributed by atoms with Gasteiger partial charge in [-0.15, -0.1) is 0 Å². The van der Waals surface area contributed by atoms with Crippen molar-refractivity contribution < 1.29 is 10.2 Å². The van der Waals surface area contributed by atoms with Gasteiger partial charge in [0, 0.05) is 13.2 Å². The Morgan fingerprint density at radius 2 is 1.46 bits per heavy atom. The van der Waals surface area contributed by atoms with Gasteiger partial charge < -0.3 is 10.2 Å². The van der Waals surface area contributed by atoms with Crippen molar-refractivity contribution in [3.8, 4) is 0 Å². The van der Waals surface area contributed by atoms with E-state index in [9.17, 15) is 10.2 Å². The molecule has 4 atom stereocenters. The van der Waals surface area contributed by atoms with E-state index < -0.39 is 0 Å². The third-order valence-electron chi connectivity index (χ3n) is 4.57. The van der Waals surface area contributed by atoms with Crippen LogP contribution in [0.2, 0.25) is 0 Å². The molecule has 0 aromatic carbocycles. The topological polar surface area (TPSA) is 40.5 Å². The molecule has 2 heteroatoms. The van der Waals surface area contributed by atoms with E-state index in [4.69, 9.17) is 0 Å². The lowest BCUT2D eigenvalue weighted by Crippen LogP contribution is -2.25. The van der Waals surface area contributed by atoms with Crippen LogP contribution in [0.1, 0.15) is 12.8 Å². The summed E-state index contributed by atoms with van der Waals surface area (Å²) in [5, 5.41) is 18.6. The summed E-state index contributed by atoms with van der Waals surface area (Å²) in [5.74, 6) is 1.81. The lowest BCUT2D eigenvalue weighted by molar-refractivity contribution is 0.112. The Balaban J connectivity index is 1.96. The van der Waals surface area contributed by atoms with Crippen molar-refractivity contribution in [1.29, 1.82) is 0 Å². The van der Waals surface area contributed by atoms with Crippen molar-refractivity contribution in [2.24, 2.45) is 29.1 Å². The summed E-state index contributed by atoms with van der Waals surface area (Å²) >= 11 is 0. The fraction of sp³-hybridized carbons (Fsp3) is 0.818. The van der Waals surface area contributed by atoms with Gasteiger partial charge in [-0.1, -0.05) is 12.2 Å². The average molecular weight is 180 g/mol. The van der Waals surface area contributed by atoms with Gasteiger partial charge in [0.25, 0.3) is 0 Å². The SMILES string of the molecule is OC[C@@H]1[C@@H](CO)[C@@H]2C=C[C@H]1C21CC1. The largest absolute Gasteiger partial charge is 0.396 e. The van der Waals surface area contributed by atoms with Gasteiger partial charge in [0.1, 0.15) is 0 Å². The Labute approximate surface area is 78.3 Å². The van der Waals surface area contributed by atoms with E-state index >= 15 is 0 Å². The molecule has 2 fully saturated rings. The summed E-state index contributed by atoms with van der Waals surface area (Å²) in [4.78, 5) is 0. The molecule has 2 saturated carbocycles. The monoisotopic (exact) mass is 180 g/mol. The minimum absolute atomic E-state index is 0.248. The Morgan fingerprint density at radius 3 is 1.77 bits per heavy atom. The Kier molecular flexibility index (Phi) is 1.46. The second kappa shape index (κ2) is 2.37. The van der Waals surface area contributed by atoms with Gasteiger partial charge in [0.15, 0.2) is 0 Å². The van der Waals surface area contributed by atoms with Gasteiger partial charge in [-0.2, -0.15) is 0 Å². The zero-order chi connectivity index (χ0) is 9.05. The van der Waals surface area contributed by atoms with E-state index in [2.05, 4.69) is 12.2 Å². The van der Waals surface area contributed by atoms with Crippen molar-refractivity contribution >= 4 is 0 Å². The summed E-state index contributed by atoms with van der Waals surface area (Å²) < 4.78 is 0. The molecule has 0 unspecified atom stereocenters. The lowest BCUT2D eigenvalue weighted by atomic mass is 9.84. The molecule has 1 spiro atoms. The first-order valence-corrected chi connectivity index (χ1v) is 5.23. The van der Waals surface area contributed by atoms with E-state index in [1.807, 2.05) is 0 Å². The van der Waals surface area contributed by atoms with Crippen LogP contribution in [0.4, 0.5) is 0 Å². The van der Waals surface area contributed by atoms with E-state index in [0.717, 1.165) is 0 Å². The van der Waals surface area contributed by atoms with Gasteiger partial charge >= 0.3 is 0 Å². The molecule has 3 aliphatic rings. The van der Waals surface area contributed by atoms with Crippen molar-refractivity contribution in [3.63, 3.8) is 0 Å². The minimum Gasteiger partial charge on any atom is -0.396 e. The summed E-state index contributed by atoms with van der Waals surface area (Å²) in [6, 6.07) is 0. The van der Waals surface area contributed by atoms with Crippen LogP contribution in [-0.4, -0.2) is 23.4 Å². The molecule has 72 valence electrons. The van der Waals surface area contributed by atoms with E-state index in [-0.39, 0.29) is 13.2 Å². The second-order valence-electron chi connectivity index (χ2n) is 4.86. The molecule has 0 heterocycles. The van der Waals surface area contributed by atoms with Crippen molar-refractivity contribution in [1.82, 2.24) is 0 Å². The molecule has 0 saturated heterocycles. The molecule has 0 radical (unpaired) electrons. The van der Waals surface area contributed by atoms with Crippen LogP contribution >= 0.6 is 0 Å². The van der Waals surface area contributed by atoms with Crippen LogP contribution in [-0.2, 0) is 0 Å². The highest BCUT2D eigenvalue weighted by atomic mass is 16.3. The molecule has 0 aliphatic heterocycles. The lowest BCUT2D eigenvalue weighted by Gasteiger charge is -2.23. The summed E-state index contributed by atoms with van der Waals surface area (Å²) in [7, 11) is 0. The number of allylic oxidation sites excluding steroid dienone is 2. The number of hydrogen-bond acceptors (Lipinski definition) is 2. The third kappa shape index (κ3) is 0.767. The van der Waals surface area contributed by atoms with Crippen LogP contribution < -0.4 is 0 Å². The Bertz CT molecular complexity index is 233.